The van der Waals surface area contributed by atoms with Gasteiger partial charge in [0.05, 0.1) is 11.9 Å². The number of rotatable bonds is 6. The third-order valence-electron chi connectivity index (χ3n) is 4.32. The molecule has 0 aliphatic carbocycles. The Labute approximate surface area is 173 Å². The number of para-hydroxylation sites is 3. The zero-order valence-corrected chi connectivity index (χ0v) is 16.5. The lowest BCUT2D eigenvalue weighted by Crippen LogP contribution is -2.24. The summed E-state index contributed by atoms with van der Waals surface area (Å²) in [4.78, 5) is 16.4. The third-order valence-corrected chi connectivity index (χ3v) is 4.32. The molecule has 0 saturated carbocycles. The Bertz CT molecular complexity index is 1170. The predicted octanol–water partition coefficient (Wildman–Crippen LogP) is 4.06. The molecular weight excluding hydrogens is 382 g/mol. The number of fused-ring (bicyclic) bond motifs is 1. The molecule has 0 saturated heterocycles. The van der Waals surface area contributed by atoms with Crippen molar-refractivity contribution in [2.45, 2.75) is 0 Å². The van der Waals surface area contributed by atoms with E-state index in [0.29, 0.717) is 28.7 Å². The molecule has 30 heavy (non-hydrogen) atoms. The van der Waals surface area contributed by atoms with E-state index in [0.717, 1.165) is 11.4 Å². The van der Waals surface area contributed by atoms with Crippen LogP contribution in [0, 0.1) is 0 Å². The molecular formula is C21H21N7O2. The number of amides is 2. The molecule has 0 radical (unpaired) electrons. The Morgan fingerprint density at radius 3 is 2.53 bits per heavy atom. The van der Waals surface area contributed by atoms with Gasteiger partial charge in [-0.1, -0.05) is 30.3 Å². The zero-order chi connectivity index (χ0) is 20.9. The van der Waals surface area contributed by atoms with E-state index in [2.05, 4.69) is 31.3 Å². The van der Waals surface area contributed by atoms with Gasteiger partial charge in [-0.15, -0.1) is 0 Å². The molecule has 0 atom stereocenters. The monoisotopic (exact) mass is 403 g/mol. The van der Waals surface area contributed by atoms with Gasteiger partial charge in [-0.25, -0.2) is 9.78 Å². The highest BCUT2D eigenvalue weighted by Gasteiger charge is 2.14. The quantitative estimate of drug-likeness (QED) is 0.387. The van der Waals surface area contributed by atoms with Crippen molar-refractivity contribution in [3.8, 4) is 11.5 Å². The molecule has 4 N–H and O–H groups in total. The van der Waals surface area contributed by atoms with E-state index < -0.39 is 0 Å². The first-order valence-electron chi connectivity index (χ1n) is 9.32. The number of urea groups is 1. The third kappa shape index (κ3) is 3.95. The number of hydrogen-bond acceptors (Lipinski definition) is 6. The van der Waals surface area contributed by atoms with Crippen molar-refractivity contribution in [2.24, 2.45) is 0 Å². The first kappa shape index (κ1) is 19.1. The Kier molecular flexibility index (Phi) is 5.33. The second-order valence-corrected chi connectivity index (χ2v) is 6.31. The van der Waals surface area contributed by atoms with Gasteiger partial charge in [-0.05, 0) is 24.3 Å². The molecule has 0 unspecified atom stereocenters. The van der Waals surface area contributed by atoms with E-state index in [4.69, 9.17) is 4.74 Å². The van der Waals surface area contributed by atoms with Crippen molar-refractivity contribution in [3.63, 3.8) is 0 Å². The number of hydrogen-bond donors (Lipinski definition) is 4. The minimum Gasteiger partial charge on any atom is -0.455 e. The van der Waals surface area contributed by atoms with Crippen molar-refractivity contribution < 1.29 is 9.53 Å². The number of aromatic nitrogens is 3. The standard InChI is InChI=1S/C21H21N7O2/c1-22-19-12-18(27-20-16(13-24-28(19)20)26-21(29)23-2)25-15-10-6-7-11-17(15)30-14-8-4-3-5-9-14/h3-13,22H,1-2H3,(H,25,27)(H2,23,26,29). The van der Waals surface area contributed by atoms with E-state index in [1.54, 1.807) is 24.8 Å². The van der Waals surface area contributed by atoms with Crippen LogP contribution in [0.3, 0.4) is 0 Å². The second kappa shape index (κ2) is 8.39. The number of nitrogens with zero attached hydrogens (tertiary/aromatic N) is 3. The van der Waals surface area contributed by atoms with Gasteiger partial charge in [0.2, 0.25) is 0 Å². The number of anilines is 4. The molecule has 0 aliphatic rings. The van der Waals surface area contributed by atoms with E-state index in [1.165, 1.54) is 0 Å². The molecule has 4 aromatic rings. The average Bonchev–Trinajstić information content (AvgIpc) is 3.17. The molecule has 2 heterocycles. The van der Waals surface area contributed by atoms with Crippen molar-refractivity contribution in [3.05, 3.63) is 66.9 Å². The minimum absolute atomic E-state index is 0.349. The van der Waals surface area contributed by atoms with Gasteiger partial charge in [0, 0.05) is 20.2 Å². The van der Waals surface area contributed by atoms with Crippen LogP contribution in [0.15, 0.2) is 66.9 Å². The fourth-order valence-electron chi connectivity index (χ4n) is 2.89. The van der Waals surface area contributed by atoms with Gasteiger partial charge < -0.3 is 26.0 Å². The summed E-state index contributed by atoms with van der Waals surface area (Å²) in [5.41, 5.74) is 1.73. The highest BCUT2D eigenvalue weighted by atomic mass is 16.5. The average molecular weight is 403 g/mol. The number of carbonyl (C=O) groups is 1. The van der Waals surface area contributed by atoms with Crippen LogP contribution in [-0.4, -0.2) is 34.7 Å². The predicted molar refractivity (Wildman–Crippen MR) is 117 cm³/mol. The van der Waals surface area contributed by atoms with Crippen LogP contribution >= 0.6 is 0 Å². The Balaban J connectivity index is 1.69. The van der Waals surface area contributed by atoms with Gasteiger partial charge in [0.15, 0.2) is 11.4 Å². The molecule has 4 rings (SSSR count). The summed E-state index contributed by atoms with van der Waals surface area (Å²) in [7, 11) is 3.34. The van der Waals surface area contributed by atoms with Crippen molar-refractivity contribution >= 4 is 34.7 Å². The molecule has 9 heteroatoms. The topological polar surface area (TPSA) is 105 Å². The largest absolute Gasteiger partial charge is 0.455 e. The highest BCUT2D eigenvalue weighted by Crippen LogP contribution is 2.32. The minimum atomic E-state index is -0.349. The van der Waals surface area contributed by atoms with Crippen LogP contribution in [0.1, 0.15) is 0 Å². The lowest BCUT2D eigenvalue weighted by Gasteiger charge is -2.14. The summed E-state index contributed by atoms with van der Waals surface area (Å²) < 4.78 is 7.63. The van der Waals surface area contributed by atoms with Gasteiger partial charge in [0.25, 0.3) is 0 Å². The summed E-state index contributed by atoms with van der Waals surface area (Å²) in [6, 6.07) is 18.6. The second-order valence-electron chi connectivity index (χ2n) is 6.31. The smallest absolute Gasteiger partial charge is 0.319 e. The molecule has 0 bridgehead atoms. The summed E-state index contributed by atoms with van der Waals surface area (Å²) in [6.45, 7) is 0. The van der Waals surface area contributed by atoms with Crippen molar-refractivity contribution in [1.82, 2.24) is 19.9 Å². The van der Waals surface area contributed by atoms with Gasteiger partial charge in [-0.3, -0.25) is 0 Å². The molecule has 2 aromatic heterocycles. The van der Waals surface area contributed by atoms with Crippen LogP contribution < -0.4 is 26.0 Å². The number of carbonyl (C=O) groups excluding carboxylic acids is 1. The maximum atomic E-state index is 11.7. The number of ether oxygens (including phenoxy) is 1. The van der Waals surface area contributed by atoms with Gasteiger partial charge in [0.1, 0.15) is 23.1 Å². The zero-order valence-electron chi connectivity index (χ0n) is 16.5. The van der Waals surface area contributed by atoms with Crippen LogP contribution in [0.4, 0.5) is 27.8 Å². The molecule has 0 fully saturated rings. The lowest BCUT2D eigenvalue weighted by atomic mass is 10.3. The summed E-state index contributed by atoms with van der Waals surface area (Å²) in [6.07, 6.45) is 1.55. The normalized spacial score (nSPS) is 10.5. The van der Waals surface area contributed by atoms with Crippen LogP contribution in [0.2, 0.25) is 0 Å². The molecule has 2 amide bonds. The van der Waals surface area contributed by atoms with Crippen LogP contribution in [0.5, 0.6) is 11.5 Å². The molecule has 9 nitrogen and oxygen atoms in total. The summed E-state index contributed by atoms with van der Waals surface area (Å²) >= 11 is 0. The lowest BCUT2D eigenvalue weighted by molar-refractivity contribution is 0.254. The van der Waals surface area contributed by atoms with E-state index >= 15 is 0 Å². The SMILES string of the molecule is CNC(=O)Nc1cnn2c(NC)cc(Nc3ccccc3Oc3ccccc3)nc12. The number of benzene rings is 2. The fourth-order valence-corrected chi connectivity index (χ4v) is 2.89. The molecule has 0 spiro atoms. The molecule has 2 aromatic carbocycles. The molecule has 152 valence electrons. The summed E-state index contributed by atoms with van der Waals surface area (Å²) in [5, 5.41) is 15.9. The van der Waals surface area contributed by atoms with E-state index in [9.17, 15) is 4.79 Å². The number of nitrogens with one attached hydrogen (secondary N) is 4. The van der Waals surface area contributed by atoms with E-state index in [-0.39, 0.29) is 6.03 Å². The first-order chi connectivity index (χ1) is 14.7. The maximum absolute atomic E-state index is 11.7. The maximum Gasteiger partial charge on any atom is 0.319 e. The molecule has 0 aliphatic heterocycles. The highest BCUT2D eigenvalue weighted by molar-refractivity contribution is 5.93. The van der Waals surface area contributed by atoms with E-state index in [1.807, 2.05) is 60.7 Å². The van der Waals surface area contributed by atoms with Crippen molar-refractivity contribution in [2.75, 3.05) is 30.0 Å². The fraction of sp³-hybridized carbons (Fsp3) is 0.0952. The van der Waals surface area contributed by atoms with Gasteiger partial charge >= 0.3 is 6.03 Å². The first-order valence-corrected chi connectivity index (χ1v) is 9.32. The van der Waals surface area contributed by atoms with Crippen LogP contribution in [0.25, 0.3) is 5.65 Å². The van der Waals surface area contributed by atoms with Gasteiger partial charge in [-0.2, -0.15) is 9.61 Å². The Hall–Kier alpha value is -4.27. The van der Waals surface area contributed by atoms with Crippen molar-refractivity contribution in [1.29, 1.82) is 0 Å². The van der Waals surface area contributed by atoms with Crippen LogP contribution in [-0.2, 0) is 0 Å². The Morgan fingerprint density at radius 1 is 1.00 bits per heavy atom. The Morgan fingerprint density at radius 2 is 1.77 bits per heavy atom. The summed E-state index contributed by atoms with van der Waals surface area (Å²) in [5.74, 6) is 2.66.